The monoisotopic (exact) mass is 378 g/mol. The minimum Gasteiger partial charge on any atom is -0.326 e. The van der Waals surface area contributed by atoms with Crippen LogP contribution in [0.3, 0.4) is 0 Å². The van der Waals surface area contributed by atoms with Crippen molar-refractivity contribution in [3.63, 3.8) is 0 Å². The minimum absolute atomic E-state index is 0.128. The summed E-state index contributed by atoms with van der Waals surface area (Å²) in [6.07, 6.45) is 0.174. The first-order valence-electron chi connectivity index (χ1n) is 7.88. The SMILES string of the molecule is CC(=O)N(CCC(=O)Nc1ccc(C)c(Cl)c1)c1ccc(Cl)cc1C. The molecule has 0 fully saturated rings. The number of amides is 2. The van der Waals surface area contributed by atoms with Crippen molar-refractivity contribution in [1.29, 1.82) is 0 Å². The molecule has 132 valence electrons. The number of benzene rings is 2. The molecule has 2 aromatic rings. The van der Waals surface area contributed by atoms with E-state index in [1.54, 1.807) is 35.2 Å². The first kappa shape index (κ1) is 19.3. The second kappa shape index (κ2) is 8.37. The van der Waals surface area contributed by atoms with Gasteiger partial charge in [-0.1, -0.05) is 29.3 Å². The summed E-state index contributed by atoms with van der Waals surface area (Å²) in [6.45, 7) is 5.54. The molecule has 0 bridgehead atoms. The van der Waals surface area contributed by atoms with Crippen LogP contribution in [0.1, 0.15) is 24.5 Å². The number of aryl methyl sites for hydroxylation is 2. The van der Waals surface area contributed by atoms with Gasteiger partial charge in [0.1, 0.15) is 0 Å². The third-order valence-corrected chi connectivity index (χ3v) is 4.49. The van der Waals surface area contributed by atoms with Gasteiger partial charge in [-0.2, -0.15) is 0 Å². The molecule has 0 heterocycles. The molecule has 0 saturated heterocycles. The highest BCUT2D eigenvalue weighted by atomic mass is 35.5. The lowest BCUT2D eigenvalue weighted by Crippen LogP contribution is -2.32. The number of nitrogens with zero attached hydrogens (tertiary/aromatic N) is 1. The van der Waals surface area contributed by atoms with Gasteiger partial charge in [-0.15, -0.1) is 0 Å². The molecule has 0 atom stereocenters. The van der Waals surface area contributed by atoms with Gasteiger partial charge in [0.2, 0.25) is 11.8 Å². The standard InChI is InChI=1S/C19H20Cl2N2O2/c1-12-4-6-16(11-17(12)21)22-19(25)8-9-23(14(3)24)18-7-5-15(20)10-13(18)2/h4-7,10-11H,8-9H2,1-3H3,(H,22,25). The summed E-state index contributed by atoms with van der Waals surface area (Å²) in [7, 11) is 0. The van der Waals surface area contributed by atoms with Crippen LogP contribution in [0.15, 0.2) is 36.4 Å². The molecule has 0 aromatic heterocycles. The van der Waals surface area contributed by atoms with Gasteiger partial charge in [0.25, 0.3) is 0 Å². The van der Waals surface area contributed by atoms with Gasteiger partial charge >= 0.3 is 0 Å². The molecule has 2 aromatic carbocycles. The average molecular weight is 379 g/mol. The number of anilines is 2. The molecule has 0 aliphatic heterocycles. The topological polar surface area (TPSA) is 49.4 Å². The van der Waals surface area contributed by atoms with Gasteiger partial charge in [0.15, 0.2) is 0 Å². The van der Waals surface area contributed by atoms with Crippen LogP contribution in [0.25, 0.3) is 0 Å². The van der Waals surface area contributed by atoms with Gasteiger partial charge < -0.3 is 10.2 Å². The second-order valence-corrected chi connectivity index (χ2v) is 6.71. The summed E-state index contributed by atoms with van der Waals surface area (Å²) in [5.74, 6) is -0.311. The highest BCUT2D eigenvalue weighted by molar-refractivity contribution is 6.31. The van der Waals surface area contributed by atoms with Gasteiger partial charge in [0, 0.05) is 41.3 Å². The Morgan fingerprint density at radius 2 is 1.76 bits per heavy atom. The fourth-order valence-electron chi connectivity index (χ4n) is 2.48. The predicted molar refractivity (Wildman–Crippen MR) is 104 cm³/mol. The summed E-state index contributed by atoms with van der Waals surface area (Å²) in [5.41, 5.74) is 3.22. The second-order valence-electron chi connectivity index (χ2n) is 5.86. The lowest BCUT2D eigenvalue weighted by atomic mass is 10.1. The molecule has 1 N–H and O–H groups in total. The zero-order valence-corrected chi connectivity index (χ0v) is 15.9. The van der Waals surface area contributed by atoms with Crippen LogP contribution in [-0.2, 0) is 9.59 Å². The minimum atomic E-state index is -0.183. The molecule has 0 saturated carbocycles. The van der Waals surface area contributed by atoms with Crippen molar-refractivity contribution in [2.24, 2.45) is 0 Å². The molecule has 2 rings (SSSR count). The normalized spacial score (nSPS) is 10.4. The maximum atomic E-state index is 12.2. The molecule has 2 amide bonds. The average Bonchev–Trinajstić information content (AvgIpc) is 2.52. The fraction of sp³-hybridized carbons (Fsp3) is 0.263. The van der Waals surface area contributed by atoms with E-state index in [9.17, 15) is 9.59 Å². The third-order valence-electron chi connectivity index (χ3n) is 3.85. The predicted octanol–water partition coefficient (Wildman–Crippen LogP) is 4.99. The molecule has 0 aliphatic rings. The smallest absolute Gasteiger partial charge is 0.226 e. The van der Waals surface area contributed by atoms with Gasteiger partial charge in [-0.3, -0.25) is 9.59 Å². The van der Waals surface area contributed by atoms with Crippen LogP contribution in [0.5, 0.6) is 0 Å². The first-order valence-corrected chi connectivity index (χ1v) is 8.64. The van der Waals surface area contributed by atoms with Crippen LogP contribution < -0.4 is 10.2 Å². The van der Waals surface area contributed by atoms with Crippen molar-refractivity contribution >= 4 is 46.4 Å². The molecular weight excluding hydrogens is 359 g/mol. The summed E-state index contributed by atoms with van der Waals surface area (Å²) in [6, 6.07) is 10.7. The molecule has 25 heavy (non-hydrogen) atoms. The zero-order chi connectivity index (χ0) is 18.6. The van der Waals surface area contributed by atoms with Crippen molar-refractivity contribution in [3.05, 3.63) is 57.6 Å². The molecule has 4 nitrogen and oxygen atoms in total. The van der Waals surface area contributed by atoms with E-state index in [0.717, 1.165) is 16.8 Å². The van der Waals surface area contributed by atoms with Crippen LogP contribution in [0.2, 0.25) is 10.0 Å². The number of hydrogen-bond acceptors (Lipinski definition) is 2. The van der Waals surface area contributed by atoms with E-state index in [-0.39, 0.29) is 24.8 Å². The van der Waals surface area contributed by atoms with E-state index < -0.39 is 0 Å². The van der Waals surface area contributed by atoms with Gasteiger partial charge in [0.05, 0.1) is 0 Å². The quantitative estimate of drug-likeness (QED) is 0.796. The highest BCUT2D eigenvalue weighted by Crippen LogP contribution is 2.24. The summed E-state index contributed by atoms with van der Waals surface area (Å²) < 4.78 is 0. The van der Waals surface area contributed by atoms with Crippen LogP contribution in [0, 0.1) is 13.8 Å². The Bertz CT molecular complexity index is 806. The maximum absolute atomic E-state index is 12.2. The van der Waals surface area contributed by atoms with Crippen molar-refractivity contribution in [1.82, 2.24) is 0 Å². The zero-order valence-electron chi connectivity index (χ0n) is 14.4. The number of halogens is 2. The third kappa shape index (κ3) is 5.21. The first-order chi connectivity index (χ1) is 11.8. The fourth-order valence-corrected chi connectivity index (χ4v) is 2.88. The molecule has 0 spiro atoms. The molecule has 0 aliphatic carbocycles. The lowest BCUT2D eigenvalue weighted by Gasteiger charge is -2.23. The van der Waals surface area contributed by atoms with E-state index in [0.29, 0.717) is 15.7 Å². The number of nitrogens with one attached hydrogen (secondary N) is 1. The summed E-state index contributed by atoms with van der Waals surface area (Å²) >= 11 is 12.0. The maximum Gasteiger partial charge on any atom is 0.226 e. The van der Waals surface area contributed by atoms with Crippen molar-refractivity contribution in [3.8, 4) is 0 Å². The molecule has 0 unspecified atom stereocenters. The van der Waals surface area contributed by atoms with Crippen molar-refractivity contribution in [2.75, 3.05) is 16.8 Å². The Labute approximate surface area is 157 Å². The lowest BCUT2D eigenvalue weighted by molar-refractivity contribution is -0.117. The highest BCUT2D eigenvalue weighted by Gasteiger charge is 2.16. The van der Waals surface area contributed by atoms with Crippen molar-refractivity contribution < 1.29 is 9.59 Å². The van der Waals surface area contributed by atoms with E-state index in [4.69, 9.17) is 23.2 Å². The van der Waals surface area contributed by atoms with Gasteiger partial charge in [-0.25, -0.2) is 0 Å². The van der Waals surface area contributed by atoms with E-state index in [2.05, 4.69) is 5.32 Å². The number of carbonyl (C=O) groups excluding carboxylic acids is 2. The summed E-state index contributed by atoms with van der Waals surface area (Å²) in [5, 5.41) is 4.00. The van der Waals surface area contributed by atoms with E-state index >= 15 is 0 Å². The Hall–Kier alpha value is -2.04. The largest absolute Gasteiger partial charge is 0.326 e. The molecular formula is C19H20Cl2N2O2. The number of hydrogen-bond donors (Lipinski definition) is 1. The number of carbonyl (C=O) groups is 2. The van der Waals surface area contributed by atoms with Gasteiger partial charge in [-0.05, 0) is 55.3 Å². The van der Waals surface area contributed by atoms with E-state index in [1.807, 2.05) is 19.9 Å². The Kier molecular flexibility index (Phi) is 6.45. The molecule has 0 radical (unpaired) electrons. The van der Waals surface area contributed by atoms with E-state index in [1.165, 1.54) is 6.92 Å². The molecule has 6 heteroatoms. The van der Waals surface area contributed by atoms with Crippen LogP contribution in [0.4, 0.5) is 11.4 Å². The van der Waals surface area contributed by atoms with Crippen LogP contribution in [-0.4, -0.2) is 18.4 Å². The Morgan fingerprint density at radius 1 is 1.04 bits per heavy atom. The number of rotatable bonds is 5. The van der Waals surface area contributed by atoms with Crippen LogP contribution >= 0.6 is 23.2 Å². The Balaban J connectivity index is 2.04. The summed E-state index contributed by atoms with van der Waals surface area (Å²) in [4.78, 5) is 25.7. The van der Waals surface area contributed by atoms with Crippen molar-refractivity contribution in [2.45, 2.75) is 27.2 Å². The Morgan fingerprint density at radius 3 is 2.36 bits per heavy atom.